The molecule has 1 unspecified atom stereocenters. The summed E-state index contributed by atoms with van der Waals surface area (Å²) in [7, 11) is 0. The van der Waals surface area contributed by atoms with Crippen molar-refractivity contribution in [3.05, 3.63) is 28.8 Å². The van der Waals surface area contributed by atoms with Crippen molar-refractivity contribution >= 4 is 11.6 Å². The van der Waals surface area contributed by atoms with Crippen molar-refractivity contribution in [3.63, 3.8) is 0 Å². The molecule has 1 aliphatic heterocycles. The molecule has 4 heteroatoms. The maximum atomic E-state index is 9.44. The summed E-state index contributed by atoms with van der Waals surface area (Å²) >= 11 is 6.10. The molecule has 0 spiro atoms. The lowest BCUT2D eigenvalue weighted by Crippen LogP contribution is -2.10. The average Bonchev–Trinajstić information content (AvgIpc) is 2.84. The normalized spacial score (nSPS) is 20.9. The van der Waals surface area contributed by atoms with Crippen LogP contribution in [0.5, 0.6) is 5.75 Å². The molecule has 1 aromatic rings. The second kappa shape index (κ2) is 6.41. The molecule has 1 fully saturated rings. The van der Waals surface area contributed by atoms with Gasteiger partial charge in [-0.3, -0.25) is 0 Å². The van der Waals surface area contributed by atoms with Gasteiger partial charge in [0.1, 0.15) is 5.75 Å². The molecule has 2 rings (SSSR count). The van der Waals surface area contributed by atoms with Crippen molar-refractivity contribution in [2.45, 2.75) is 38.4 Å². The molecule has 18 heavy (non-hydrogen) atoms. The van der Waals surface area contributed by atoms with Gasteiger partial charge in [-0.2, -0.15) is 0 Å². The predicted molar refractivity (Wildman–Crippen MR) is 71.2 cm³/mol. The van der Waals surface area contributed by atoms with E-state index in [1.54, 1.807) is 19.1 Å². The van der Waals surface area contributed by atoms with Gasteiger partial charge in [-0.05, 0) is 37.5 Å². The lowest BCUT2D eigenvalue weighted by molar-refractivity contribution is 0.0903. The van der Waals surface area contributed by atoms with Crippen LogP contribution < -0.4 is 4.74 Å². The van der Waals surface area contributed by atoms with Crippen LogP contribution in [-0.2, 0) is 4.74 Å². The van der Waals surface area contributed by atoms with Crippen LogP contribution in [0.4, 0.5) is 0 Å². The van der Waals surface area contributed by atoms with E-state index in [9.17, 15) is 5.11 Å². The second-order valence-corrected chi connectivity index (χ2v) is 5.05. The summed E-state index contributed by atoms with van der Waals surface area (Å²) in [4.78, 5) is 0. The van der Waals surface area contributed by atoms with Gasteiger partial charge in [-0.15, -0.1) is 0 Å². The van der Waals surface area contributed by atoms with Gasteiger partial charge in [-0.1, -0.05) is 17.7 Å². The molecule has 1 aliphatic rings. The van der Waals surface area contributed by atoms with Crippen molar-refractivity contribution in [1.29, 1.82) is 0 Å². The first kappa shape index (κ1) is 13.7. The average molecular weight is 271 g/mol. The van der Waals surface area contributed by atoms with E-state index >= 15 is 0 Å². The van der Waals surface area contributed by atoms with Crippen LogP contribution in [0.25, 0.3) is 0 Å². The molecule has 2 atom stereocenters. The van der Waals surface area contributed by atoms with Crippen LogP contribution in [-0.4, -0.2) is 24.4 Å². The van der Waals surface area contributed by atoms with Gasteiger partial charge in [0.15, 0.2) is 0 Å². The topological polar surface area (TPSA) is 38.7 Å². The fraction of sp³-hybridized carbons (Fsp3) is 0.571. The number of rotatable bonds is 5. The summed E-state index contributed by atoms with van der Waals surface area (Å²) in [5, 5.41) is 9.99. The third-order valence-corrected chi connectivity index (χ3v) is 3.46. The van der Waals surface area contributed by atoms with E-state index < -0.39 is 6.10 Å². The van der Waals surface area contributed by atoms with Crippen molar-refractivity contribution in [1.82, 2.24) is 0 Å². The first-order valence-corrected chi connectivity index (χ1v) is 6.76. The highest BCUT2D eigenvalue weighted by molar-refractivity contribution is 6.32. The highest BCUT2D eigenvalue weighted by atomic mass is 35.5. The molecule has 0 bridgehead atoms. The van der Waals surface area contributed by atoms with E-state index in [2.05, 4.69) is 0 Å². The molecular weight excluding hydrogens is 252 g/mol. The van der Waals surface area contributed by atoms with E-state index in [0.717, 1.165) is 31.4 Å². The zero-order chi connectivity index (χ0) is 13.0. The summed E-state index contributed by atoms with van der Waals surface area (Å²) in [6.07, 6.45) is 2.99. The van der Waals surface area contributed by atoms with Gasteiger partial charge < -0.3 is 14.6 Å². The first-order chi connectivity index (χ1) is 8.66. The Bertz CT molecular complexity index is 387. The molecule has 0 saturated carbocycles. The fourth-order valence-electron chi connectivity index (χ4n) is 2.07. The molecule has 100 valence electrons. The molecule has 1 N–H and O–H groups in total. The Morgan fingerprint density at radius 2 is 2.39 bits per heavy atom. The van der Waals surface area contributed by atoms with Crippen molar-refractivity contribution in [2.75, 3.05) is 13.2 Å². The number of aliphatic hydroxyl groups is 1. The molecule has 1 heterocycles. The number of aliphatic hydroxyl groups excluding tert-OH is 1. The number of hydrogen-bond donors (Lipinski definition) is 1. The van der Waals surface area contributed by atoms with Gasteiger partial charge in [-0.25, -0.2) is 0 Å². The van der Waals surface area contributed by atoms with Gasteiger partial charge in [0.2, 0.25) is 0 Å². The monoisotopic (exact) mass is 270 g/mol. The molecule has 1 saturated heterocycles. The minimum atomic E-state index is -0.511. The molecule has 0 radical (unpaired) electrons. The van der Waals surface area contributed by atoms with Crippen molar-refractivity contribution in [2.24, 2.45) is 0 Å². The molecule has 0 amide bonds. The van der Waals surface area contributed by atoms with Gasteiger partial charge in [0.25, 0.3) is 0 Å². The Morgan fingerprint density at radius 3 is 3.00 bits per heavy atom. The third-order valence-electron chi connectivity index (χ3n) is 3.16. The smallest absolute Gasteiger partial charge is 0.137 e. The SMILES string of the molecule is C[C@H](O)c1ccc(OCCC2CCCO2)c(Cl)c1. The van der Waals surface area contributed by atoms with Crippen LogP contribution >= 0.6 is 11.6 Å². The Morgan fingerprint density at radius 1 is 1.56 bits per heavy atom. The number of halogens is 1. The first-order valence-electron chi connectivity index (χ1n) is 6.38. The van der Waals surface area contributed by atoms with Gasteiger partial charge in [0, 0.05) is 13.0 Å². The molecule has 3 nitrogen and oxygen atoms in total. The lowest BCUT2D eigenvalue weighted by atomic mass is 10.1. The minimum Gasteiger partial charge on any atom is -0.492 e. The summed E-state index contributed by atoms with van der Waals surface area (Å²) in [6.45, 7) is 3.19. The molecule has 0 aromatic heterocycles. The minimum absolute atomic E-state index is 0.334. The van der Waals surface area contributed by atoms with Crippen LogP contribution in [0.3, 0.4) is 0 Å². The lowest BCUT2D eigenvalue weighted by Gasteiger charge is -2.13. The Hall–Kier alpha value is -0.770. The van der Waals surface area contributed by atoms with Crippen LogP contribution in [0.1, 0.15) is 37.9 Å². The molecule has 1 aromatic carbocycles. The maximum absolute atomic E-state index is 9.44. The van der Waals surface area contributed by atoms with Gasteiger partial charge in [0.05, 0.1) is 23.8 Å². The van der Waals surface area contributed by atoms with Crippen LogP contribution in [0.2, 0.25) is 5.02 Å². The number of ether oxygens (including phenoxy) is 2. The fourth-order valence-corrected chi connectivity index (χ4v) is 2.31. The largest absolute Gasteiger partial charge is 0.492 e. The highest BCUT2D eigenvalue weighted by Crippen LogP contribution is 2.28. The Balaban J connectivity index is 1.85. The second-order valence-electron chi connectivity index (χ2n) is 4.64. The quantitative estimate of drug-likeness (QED) is 0.892. The van der Waals surface area contributed by atoms with Crippen molar-refractivity contribution < 1.29 is 14.6 Å². The van der Waals surface area contributed by atoms with E-state index in [-0.39, 0.29) is 0 Å². The highest BCUT2D eigenvalue weighted by Gasteiger charge is 2.15. The molecule has 0 aliphatic carbocycles. The third kappa shape index (κ3) is 3.61. The van der Waals surface area contributed by atoms with Crippen LogP contribution in [0.15, 0.2) is 18.2 Å². The summed E-state index contributed by atoms with van der Waals surface area (Å²) in [5.74, 6) is 0.666. The number of benzene rings is 1. The van der Waals surface area contributed by atoms with E-state index in [1.807, 2.05) is 6.07 Å². The summed E-state index contributed by atoms with van der Waals surface area (Å²) < 4.78 is 11.2. The summed E-state index contributed by atoms with van der Waals surface area (Å²) in [5.41, 5.74) is 0.798. The summed E-state index contributed by atoms with van der Waals surface area (Å²) in [6, 6.07) is 5.38. The Labute approximate surface area is 113 Å². The Kier molecular flexibility index (Phi) is 4.87. The maximum Gasteiger partial charge on any atom is 0.137 e. The van der Waals surface area contributed by atoms with E-state index in [0.29, 0.717) is 23.5 Å². The standard InChI is InChI=1S/C14H19ClO3/c1-10(16)11-4-5-14(13(15)9-11)18-8-6-12-3-2-7-17-12/h4-5,9-10,12,16H,2-3,6-8H2,1H3/t10-,12?/m0/s1. The number of hydrogen-bond acceptors (Lipinski definition) is 3. The van der Waals surface area contributed by atoms with Crippen LogP contribution in [0, 0.1) is 0 Å². The van der Waals surface area contributed by atoms with Crippen molar-refractivity contribution in [3.8, 4) is 5.75 Å². The molecular formula is C14H19ClO3. The zero-order valence-electron chi connectivity index (χ0n) is 10.6. The predicted octanol–water partition coefficient (Wildman–Crippen LogP) is 3.34. The van der Waals surface area contributed by atoms with Gasteiger partial charge >= 0.3 is 0 Å². The zero-order valence-corrected chi connectivity index (χ0v) is 11.3. The van der Waals surface area contributed by atoms with E-state index in [4.69, 9.17) is 21.1 Å². The van der Waals surface area contributed by atoms with E-state index in [1.165, 1.54) is 0 Å².